The number of amides is 4. The first kappa shape index (κ1) is 20.1. The normalized spacial score (nSPS) is 15.2. The SMILES string of the molecule is Cc1ccccc1N1C(=O)NC(=O)/C(=C\c2ccccc2OCc2ccccc2)C1=O. The van der Waals surface area contributed by atoms with Crippen LogP contribution >= 0.6 is 0 Å². The molecule has 0 bridgehead atoms. The molecule has 3 aromatic rings. The van der Waals surface area contributed by atoms with Crippen LogP contribution in [0.4, 0.5) is 10.5 Å². The van der Waals surface area contributed by atoms with Gasteiger partial charge in [0.25, 0.3) is 11.8 Å². The third-order valence-corrected chi connectivity index (χ3v) is 4.91. The number of ether oxygens (including phenoxy) is 1. The fourth-order valence-electron chi connectivity index (χ4n) is 3.31. The molecule has 0 radical (unpaired) electrons. The molecule has 0 unspecified atom stereocenters. The van der Waals surface area contributed by atoms with E-state index in [1.54, 1.807) is 43.3 Å². The molecule has 0 saturated carbocycles. The van der Waals surface area contributed by atoms with Crippen LogP contribution in [0.2, 0.25) is 0 Å². The van der Waals surface area contributed by atoms with Crippen LogP contribution in [0.25, 0.3) is 6.08 Å². The number of carbonyl (C=O) groups excluding carboxylic acids is 3. The number of para-hydroxylation sites is 2. The van der Waals surface area contributed by atoms with Crippen molar-refractivity contribution in [2.24, 2.45) is 0 Å². The molecular weight excluding hydrogens is 392 g/mol. The fourth-order valence-corrected chi connectivity index (χ4v) is 3.31. The Balaban J connectivity index is 1.66. The van der Waals surface area contributed by atoms with Gasteiger partial charge in [0, 0.05) is 5.56 Å². The molecular formula is C25H20N2O4. The van der Waals surface area contributed by atoms with Crippen molar-refractivity contribution in [1.29, 1.82) is 0 Å². The molecule has 6 nitrogen and oxygen atoms in total. The highest BCUT2D eigenvalue weighted by Crippen LogP contribution is 2.27. The first-order chi connectivity index (χ1) is 15.0. The lowest BCUT2D eigenvalue weighted by molar-refractivity contribution is -0.122. The van der Waals surface area contributed by atoms with Crippen LogP contribution in [0.15, 0.2) is 84.4 Å². The van der Waals surface area contributed by atoms with Crippen LogP contribution in [0, 0.1) is 6.92 Å². The highest BCUT2D eigenvalue weighted by Gasteiger charge is 2.37. The summed E-state index contributed by atoms with van der Waals surface area (Å²) in [5.74, 6) is -0.891. The maximum atomic E-state index is 13.1. The molecule has 0 aromatic heterocycles. The van der Waals surface area contributed by atoms with Crippen LogP contribution in [0.1, 0.15) is 16.7 Å². The number of hydrogen-bond acceptors (Lipinski definition) is 4. The number of carbonyl (C=O) groups is 3. The van der Waals surface area contributed by atoms with E-state index in [0.717, 1.165) is 16.0 Å². The molecule has 4 amide bonds. The lowest BCUT2D eigenvalue weighted by Crippen LogP contribution is -2.54. The van der Waals surface area contributed by atoms with Crippen molar-refractivity contribution in [3.8, 4) is 5.75 Å². The Morgan fingerprint density at radius 3 is 2.32 bits per heavy atom. The number of aryl methyl sites for hydroxylation is 1. The van der Waals surface area contributed by atoms with Gasteiger partial charge in [-0.3, -0.25) is 14.9 Å². The number of anilines is 1. The number of urea groups is 1. The Morgan fingerprint density at radius 1 is 0.871 bits per heavy atom. The van der Waals surface area contributed by atoms with Gasteiger partial charge in [0.05, 0.1) is 5.69 Å². The van der Waals surface area contributed by atoms with Gasteiger partial charge < -0.3 is 4.74 Å². The van der Waals surface area contributed by atoms with Gasteiger partial charge in [-0.15, -0.1) is 0 Å². The van der Waals surface area contributed by atoms with Gasteiger partial charge >= 0.3 is 6.03 Å². The molecule has 1 fully saturated rings. The molecule has 1 aliphatic heterocycles. The van der Waals surface area contributed by atoms with Crippen LogP contribution < -0.4 is 15.0 Å². The average molecular weight is 412 g/mol. The van der Waals surface area contributed by atoms with Crippen molar-refractivity contribution >= 4 is 29.6 Å². The predicted octanol–water partition coefficient (Wildman–Crippen LogP) is 4.24. The second-order valence-electron chi connectivity index (χ2n) is 7.06. The molecule has 1 heterocycles. The van der Waals surface area contributed by atoms with Gasteiger partial charge in [-0.05, 0) is 36.3 Å². The molecule has 0 spiro atoms. The van der Waals surface area contributed by atoms with Crippen LogP contribution in [-0.4, -0.2) is 17.8 Å². The van der Waals surface area contributed by atoms with Crippen LogP contribution in [0.3, 0.4) is 0 Å². The highest BCUT2D eigenvalue weighted by atomic mass is 16.5. The Labute approximate surface area is 179 Å². The lowest BCUT2D eigenvalue weighted by atomic mass is 10.1. The lowest BCUT2D eigenvalue weighted by Gasteiger charge is -2.27. The van der Waals surface area contributed by atoms with E-state index in [0.29, 0.717) is 23.6 Å². The molecule has 154 valence electrons. The van der Waals surface area contributed by atoms with Crippen LogP contribution in [0.5, 0.6) is 5.75 Å². The summed E-state index contributed by atoms with van der Waals surface area (Å²) in [6.45, 7) is 2.14. The first-order valence-electron chi connectivity index (χ1n) is 9.77. The number of barbiturate groups is 1. The van der Waals surface area contributed by atoms with E-state index in [1.165, 1.54) is 6.08 Å². The molecule has 1 aliphatic rings. The van der Waals surface area contributed by atoms with E-state index in [-0.39, 0.29) is 5.57 Å². The maximum absolute atomic E-state index is 13.1. The van der Waals surface area contributed by atoms with Crippen molar-refractivity contribution in [2.45, 2.75) is 13.5 Å². The van der Waals surface area contributed by atoms with Crippen LogP contribution in [-0.2, 0) is 16.2 Å². The topological polar surface area (TPSA) is 75.7 Å². The molecule has 0 atom stereocenters. The summed E-state index contributed by atoms with van der Waals surface area (Å²) in [4.78, 5) is 39.0. The Hall–Kier alpha value is -4.19. The smallest absolute Gasteiger partial charge is 0.335 e. The third kappa shape index (κ3) is 4.23. The quantitative estimate of drug-likeness (QED) is 0.502. The van der Waals surface area contributed by atoms with E-state index in [2.05, 4.69) is 5.32 Å². The zero-order valence-corrected chi connectivity index (χ0v) is 16.9. The first-order valence-corrected chi connectivity index (χ1v) is 9.77. The summed E-state index contributed by atoms with van der Waals surface area (Å²) in [5.41, 5.74) is 2.59. The van der Waals surface area contributed by atoms with E-state index < -0.39 is 17.8 Å². The number of rotatable bonds is 5. The number of nitrogens with one attached hydrogen (secondary N) is 1. The second-order valence-corrected chi connectivity index (χ2v) is 7.06. The molecule has 0 aliphatic carbocycles. The molecule has 31 heavy (non-hydrogen) atoms. The standard InChI is InChI=1S/C25H20N2O4/c1-17-9-5-7-13-21(17)27-24(29)20(23(28)26-25(27)30)15-19-12-6-8-14-22(19)31-16-18-10-3-2-4-11-18/h2-15H,16H2,1H3,(H,26,28,30)/b20-15+. The van der Waals surface area contributed by atoms with Crippen molar-refractivity contribution < 1.29 is 19.1 Å². The van der Waals surface area contributed by atoms with Gasteiger partial charge in [-0.25, -0.2) is 9.69 Å². The van der Waals surface area contributed by atoms with E-state index >= 15 is 0 Å². The predicted molar refractivity (Wildman–Crippen MR) is 117 cm³/mol. The summed E-state index contributed by atoms with van der Waals surface area (Å²) in [5, 5.41) is 2.25. The summed E-state index contributed by atoms with van der Waals surface area (Å²) in [6, 6.07) is 23.0. The van der Waals surface area contributed by atoms with Gasteiger partial charge in [-0.2, -0.15) is 0 Å². The Bertz CT molecular complexity index is 1180. The minimum atomic E-state index is -0.768. The van der Waals surface area contributed by atoms with E-state index in [4.69, 9.17) is 4.74 Å². The number of imide groups is 2. The van der Waals surface area contributed by atoms with E-state index in [1.807, 2.05) is 42.5 Å². The molecule has 1 saturated heterocycles. The molecule has 3 aromatic carbocycles. The zero-order chi connectivity index (χ0) is 21.8. The summed E-state index contributed by atoms with van der Waals surface area (Å²) in [7, 11) is 0. The Kier molecular flexibility index (Phi) is 5.62. The van der Waals surface area contributed by atoms with Gasteiger partial charge in [-0.1, -0.05) is 66.7 Å². The van der Waals surface area contributed by atoms with Gasteiger partial charge in [0.1, 0.15) is 17.9 Å². The molecule has 4 rings (SSSR count). The maximum Gasteiger partial charge on any atom is 0.335 e. The Morgan fingerprint density at radius 2 is 1.55 bits per heavy atom. The number of benzene rings is 3. The molecule has 6 heteroatoms. The summed E-state index contributed by atoms with van der Waals surface area (Å²) >= 11 is 0. The largest absolute Gasteiger partial charge is 0.488 e. The third-order valence-electron chi connectivity index (χ3n) is 4.91. The number of nitrogens with zero attached hydrogens (tertiary/aromatic N) is 1. The second kappa shape index (κ2) is 8.67. The fraction of sp³-hybridized carbons (Fsp3) is 0.0800. The average Bonchev–Trinajstić information content (AvgIpc) is 2.78. The number of hydrogen-bond donors (Lipinski definition) is 1. The van der Waals surface area contributed by atoms with Crippen molar-refractivity contribution in [1.82, 2.24) is 5.32 Å². The van der Waals surface area contributed by atoms with Gasteiger partial charge in [0.2, 0.25) is 0 Å². The zero-order valence-electron chi connectivity index (χ0n) is 16.9. The monoisotopic (exact) mass is 412 g/mol. The minimum Gasteiger partial charge on any atom is -0.488 e. The van der Waals surface area contributed by atoms with Gasteiger partial charge in [0.15, 0.2) is 0 Å². The van der Waals surface area contributed by atoms with Crippen molar-refractivity contribution in [3.05, 3.63) is 101 Å². The highest BCUT2D eigenvalue weighted by molar-refractivity contribution is 6.39. The van der Waals surface area contributed by atoms with E-state index in [9.17, 15) is 14.4 Å². The van der Waals surface area contributed by atoms with Crippen molar-refractivity contribution in [2.75, 3.05) is 4.90 Å². The minimum absolute atomic E-state index is 0.140. The summed E-state index contributed by atoms with van der Waals surface area (Å²) < 4.78 is 5.92. The molecule has 1 N–H and O–H groups in total. The summed E-state index contributed by atoms with van der Waals surface area (Å²) in [6.07, 6.45) is 1.45. The van der Waals surface area contributed by atoms with Crippen molar-refractivity contribution in [3.63, 3.8) is 0 Å².